The van der Waals surface area contributed by atoms with Crippen LogP contribution in [0.5, 0.6) is 0 Å². The van der Waals surface area contributed by atoms with Crippen LogP contribution in [0.4, 0.5) is 0 Å². The van der Waals surface area contributed by atoms with E-state index in [1.54, 1.807) is 36.6 Å². The number of hydrogen-bond acceptors (Lipinski definition) is 7. The molecular weight excluding hydrogens is 569 g/mol. The number of hydrogen-bond donors (Lipinski definition) is 1. The van der Waals surface area contributed by atoms with E-state index in [-0.39, 0.29) is 22.3 Å². The first-order chi connectivity index (χ1) is 18.1. The minimum absolute atomic E-state index is 0.0560. The Bertz CT molecular complexity index is 1370. The Hall–Kier alpha value is -2.44. The first-order valence-corrected chi connectivity index (χ1v) is 15.2. The Kier molecular flexibility index (Phi) is 10.8. The highest BCUT2D eigenvalue weighted by Crippen LogP contribution is 2.28. The van der Waals surface area contributed by atoms with Crippen LogP contribution in [0.3, 0.4) is 0 Å². The molecule has 38 heavy (non-hydrogen) atoms. The minimum atomic E-state index is -3.60. The van der Waals surface area contributed by atoms with Crippen LogP contribution in [0, 0.1) is 0 Å². The predicted octanol–water partition coefficient (Wildman–Crippen LogP) is 4.65. The normalized spacial score (nSPS) is 11.6. The molecule has 13 heteroatoms. The summed E-state index contributed by atoms with van der Waals surface area (Å²) in [6, 6.07) is 11.0. The lowest BCUT2D eigenvalue weighted by atomic mass is 10.1. The van der Waals surface area contributed by atoms with E-state index in [0.717, 1.165) is 0 Å². The van der Waals surface area contributed by atoms with E-state index in [4.69, 9.17) is 23.2 Å². The molecule has 204 valence electrons. The van der Waals surface area contributed by atoms with E-state index in [0.29, 0.717) is 64.8 Å². The van der Waals surface area contributed by atoms with Crippen molar-refractivity contribution in [1.82, 2.24) is 24.4 Å². The van der Waals surface area contributed by atoms with Gasteiger partial charge in [0.1, 0.15) is 5.82 Å². The Labute approximate surface area is 237 Å². The average molecular weight is 599 g/mol. The van der Waals surface area contributed by atoms with Crippen molar-refractivity contribution in [2.75, 3.05) is 25.4 Å². The molecule has 3 aromatic rings. The van der Waals surface area contributed by atoms with Gasteiger partial charge in [0, 0.05) is 48.6 Å². The number of carbonyl (C=O) groups is 2. The lowest BCUT2D eigenvalue weighted by Crippen LogP contribution is -2.30. The third-order valence-electron chi connectivity index (χ3n) is 5.61. The molecule has 1 aromatic heterocycles. The summed E-state index contributed by atoms with van der Waals surface area (Å²) >= 11 is 13.7. The van der Waals surface area contributed by atoms with Crippen LogP contribution >= 0.6 is 35.0 Å². The number of sulfonamides is 1. The molecule has 9 nitrogen and oxygen atoms in total. The van der Waals surface area contributed by atoms with Gasteiger partial charge < -0.3 is 5.32 Å². The smallest absolute Gasteiger partial charge is 0.243 e. The van der Waals surface area contributed by atoms with E-state index < -0.39 is 10.0 Å². The fraction of sp³-hybridized carbons (Fsp3) is 0.360. The van der Waals surface area contributed by atoms with Crippen LogP contribution in [-0.4, -0.2) is 64.6 Å². The molecule has 1 N–H and O–H groups in total. The number of thioether (sulfide) groups is 1. The maximum atomic E-state index is 12.9. The fourth-order valence-corrected chi connectivity index (χ4v) is 6.57. The van der Waals surface area contributed by atoms with Gasteiger partial charge >= 0.3 is 0 Å². The van der Waals surface area contributed by atoms with Crippen molar-refractivity contribution in [3.63, 3.8) is 0 Å². The van der Waals surface area contributed by atoms with Crippen molar-refractivity contribution in [2.24, 2.45) is 0 Å². The zero-order valence-corrected chi connectivity index (χ0v) is 24.4. The molecule has 0 fully saturated rings. The second-order valence-corrected chi connectivity index (χ2v) is 12.0. The van der Waals surface area contributed by atoms with Crippen molar-refractivity contribution in [3.8, 4) is 5.69 Å². The monoisotopic (exact) mass is 597 g/mol. The largest absolute Gasteiger partial charge is 0.356 e. The molecule has 0 atom stereocenters. The van der Waals surface area contributed by atoms with Gasteiger partial charge in [-0.25, -0.2) is 8.42 Å². The second-order valence-electron chi connectivity index (χ2n) is 8.27. The molecule has 0 unspecified atom stereocenters. The van der Waals surface area contributed by atoms with Crippen LogP contribution in [0.25, 0.3) is 5.69 Å². The Balaban J connectivity index is 1.79. The average Bonchev–Trinajstić information content (AvgIpc) is 3.28. The standard InChI is InChI=1S/C25H29Cl2N5O4S2/c1-4-31(5-2)38(35,36)22-10-8-18(9-11-22)23(34)16-37-25-30-29-24(7-6-12-28-17(3)33)32(25)21-14-19(26)13-20(27)15-21/h8-11,13-15H,4-7,12,16H2,1-3H3,(H,28,33). The highest BCUT2D eigenvalue weighted by Gasteiger charge is 2.22. The lowest BCUT2D eigenvalue weighted by Gasteiger charge is -2.18. The summed E-state index contributed by atoms with van der Waals surface area (Å²) in [7, 11) is -3.60. The van der Waals surface area contributed by atoms with E-state index >= 15 is 0 Å². The van der Waals surface area contributed by atoms with Gasteiger partial charge in [-0.15, -0.1) is 10.2 Å². The molecule has 0 aliphatic carbocycles. The second kappa shape index (κ2) is 13.6. The van der Waals surface area contributed by atoms with Crippen LogP contribution in [0.1, 0.15) is 43.4 Å². The van der Waals surface area contributed by atoms with Crippen LogP contribution in [0.2, 0.25) is 10.0 Å². The summed E-state index contributed by atoms with van der Waals surface area (Å²) in [5, 5.41) is 12.7. The number of aryl methyl sites for hydroxylation is 1. The van der Waals surface area contributed by atoms with Gasteiger partial charge in [0.05, 0.1) is 16.3 Å². The molecular formula is C25H29Cl2N5O4S2. The Morgan fingerprint density at radius 3 is 2.24 bits per heavy atom. The molecule has 1 heterocycles. The van der Waals surface area contributed by atoms with Crippen molar-refractivity contribution in [1.29, 1.82) is 0 Å². The number of nitrogens with zero attached hydrogens (tertiary/aromatic N) is 4. The molecule has 0 saturated carbocycles. The first kappa shape index (κ1) is 30.1. The van der Waals surface area contributed by atoms with E-state index in [9.17, 15) is 18.0 Å². The van der Waals surface area contributed by atoms with Crippen LogP contribution < -0.4 is 5.32 Å². The molecule has 3 rings (SSSR count). The Morgan fingerprint density at radius 2 is 1.66 bits per heavy atom. The number of aromatic nitrogens is 3. The van der Waals surface area contributed by atoms with Gasteiger partial charge in [0.15, 0.2) is 10.9 Å². The first-order valence-electron chi connectivity index (χ1n) is 12.0. The summed E-state index contributed by atoms with van der Waals surface area (Å²) in [6.45, 7) is 6.23. The van der Waals surface area contributed by atoms with Crippen LogP contribution in [0.15, 0.2) is 52.5 Å². The maximum absolute atomic E-state index is 12.9. The zero-order valence-electron chi connectivity index (χ0n) is 21.3. The molecule has 0 bridgehead atoms. The van der Waals surface area contributed by atoms with Crippen molar-refractivity contribution >= 4 is 56.7 Å². The quantitative estimate of drug-likeness (QED) is 0.173. The topological polar surface area (TPSA) is 114 Å². The number of amides is 1. The summed E-state index contributed by atoms with van der Waals surface area (Å²) in [5.74, 6) is 0.393. The number of Topliss-reactive ketones (excluding diaryl/α,β-unsaturated/α-hetero) is 1. The fourth-order valence-electron chi connectivity index (χ4n) is 3.73. The molecule has 0 saturated heterocycles. The third-order valence-corrected chi connectivity index (χ3v) is 9.04. The maximum Gasteiger partial charge on any atom is 0.243 e. The molecule has 0 radical (unpaired) electrons. The molecule has 0 spiro atoms. The zero-order chi connectivity index (χ0) is 27.9. The van der Waals surface area contributed by atoms with E-state index in [2.05, 4.69) is 15.5 Å². The molecule has 0 aliphatic rings. The SMILES string of the molecule is CCN(CC)S(=O)(=O)c1ccc(C(=O)CSc2nnc(CCCNC(C)=O)n2-c2cc(Cl)cc(Cl)c2)cc1. The lowest BCUT2D eigenvalue weighted by molar-refractivity contribution is -0.118. The number of rotatable bonds is 13. The van der Waals surface area contributed by atoms with Crippen molar-refractivity contribution in [2.45, 2.75) is 43.7 Å². The molecule has 0 aliphatic heterocycles. The molecule has 1 amide bonds. The van der Waals surface area contributed by atoms with Gasteiger partial charge in [-0.1, -0.05) is 60.9 Å². The van der Waals surface area contributed by atoms with Crippen molar-refractivity contribution < 1.29 is 18.0 Å². The van der Waals surface area contributed by atoms with Gasteiger partial charge in [-0.3, -0.25) is 14.2 Å². The Morgan fingerprint density at radius 1 is 1.03 bits per heavy atom. The van der Waals surface area contributed by atoms with Crippen LogP contribution in [-0.2, 0) is 21.2 Å². The van der Waals surface area contributed by atoms with Gasteiger partial charge in [0.25, 0.3) is 0 Å². The number of benzene rings is 2. The number of carbonyl (C=O) groups excluding carboxylic acids is 2. The third kappa shape index (κ3) is 7.57. The van der Waals surface area contributed by atoms with Gasteiger partial charge in [-0.05, 0) is 36.8 Å². The molecule has 2 aromatic carbocycles. The number of nitrogens with one attached hydrogen (secondary N) is 1. The van der Waals surface area contributed by atoms with E-state index in [1.807, 2.05) is 0 Å². The van der Waals surface area contributed by atoms with Gasteiger partial charge in [0.2, 0.25) is 15.9 Å². The van der Waals surface area contributed by atoms with Crippen molar-refractivity contribution in [3.05, 3.63) is 63.9 Å². The number of halogens is 2. The summed E-state index contributed by atoms with van der Waals surface area (Å²) < 4.78 is 28.6. The van der Waals surface area contributed by atoms with Gasteiger partial charge in [-0.2, -0.15) is 4.31 Å². The van der Waals surface area contributed by atoms with E-state index in [1.165, 1.54) is 47.3 Å². The summed E-state index contributed by atoms with van der Waals surface area (Å²) in [5.41, 5.74) is 1.05. The number of ketones is 1. The summed E-state index contributed by atoms with van der Waals surface area (Å²) in [6.07, 6.45) is 1.16. The highest BCUT2D eigenvalue weighted by atomic mass is 35.5. The summed E-state index contributed by atoms with van der Waals surface area (Å²) in [4.78, 5) is 24.3. The predicted molar refractivity (Wildman–Crippen MR) is 150 cm³/mol. The minimum Gasteiger partial charge on any atom is -0.356 e. The highest BCUT2D eigenvalue weighted by molar-refractivity contribution is 7.99.